The largest absolute Gasteiger partial charge is 0.417 e. The van der Waals surface area contributed by atoms with Crippen LogP contribution in [0, 0.1) is 17.1 Å². The van der Waals surface area contributed by atoms with Gasteiger partial charge in [0, 0.05) is 30.8 Å². The summed E-state index contributed by atoms with van der Waals surface area (Å²) in [6.45, 7) is 0.478. The lowest BCUT2D eigenvalue weighted by molar-refractivity contribution is -0.137. The summed E-state index contributed by atoms with van der Waals surface area (Å²) in [6.07, 6.45) is -4.57. The molecule has 2 heterocycles. The molecule has 2 aromatic rings. The number of benzene rings is 2. The molecule has 1 atom stereocenters. The molecule has 172 valence electrons. The average Bonchev–Trinajstić information content (AvgIpc) is 3.33. The van der Waals surface area contributed by atoms with Crippen molar-refractivity contribution in [2.75, 3.05) is 30.1 Å². The van der Waals surface area contributed by atoms with E-state index in [1.807, 2.05) is 0 Å². The van der Waals surface area contributed by atoms with Crippen molar-refractivity contribution in [2.45, 2.75) is 24.7 Å². The zero-order valence-corrected chi connectivity index (χ0v) is 18.2. The van der Waals surface area contributed by atoms with E-state index in [0.717, 1.165) is 17.0 Å². The Morgan fingerprint density at radius 3 is 2.55 bits per heavy atom. The predicted molar refractivity (Wildman–Crippen MR) is 116 cm³/mol. The van der Waals surface area contributed by atoms with Gasteiger partial charge < -0.3 is 15.0 Å². The van der Waals surface area contributed by atoms with Crippen molar-refractivity contribution < 1.29 is 27.1 Å². The number of rotatable bonds is 4. The van der Waals surface area contributed by atoms with E-state index < -0.39 is 34.6 Å². The van der Waals surface area contributed by atoms with Gasteiger partial charge in [-0.1, -0.05) is 6.07 Å². The minimum Gasteiger partial charge on any atom is -0.378 e. The third kappa shape index (κ3) is 3.74. The number of carbonyl (C=O) groups excluding carboxylic acids is 1. The molecule has 0 saturated carbocycles. The third-order valence-electron chi connectivity index (χ3n) is 5.76. The maximum Gasteiger partial charge on any atom is 0.417 e. The van der Waals surface area contributed by atoms with Gasteiger partial charge in [-0.3, -0.25) is 9.69 Å². The summed E-state index contributed by atoms with van der Waals surface area (Å²) in [5.74, 6) is -1.08. The van der Waals surface area contributed by atoms with Crippen LogP contribution in [-0.4, -0.2) is 36.8 Å². The molecule has 6 nitrogen and oxygen atoms in total. The van der Waals surface area contributed by atoms with Gasteiger partial charge >= 0.3 is 6.18 Å². The van der Waals surface area contributed by atoms with Crippen molar-refractivity contribution in [1.29, 1.82) is 5.26 Å². The van der Waals surface area contributed by atoms with Gasteiger partial charge in [0.25, 0.3) is 5.91 Å². The van der Waals surface area contributed by atoms with Gasteiger partial charge in [0.05, 0.1) is 29.5 Å². The molecule has 1 spiro atoms. The van der Waals surface area contributed by atoms with Crippen LogP contribution in [-0.2, 0) is 22.3 Å². The Morgan fingerprint density at radius 2 is 1.97 bits per heavy atom. The number of hydrogen-bond donors (Lipinski definition) is 1. The molecule has 0 unspecified atom stereocenters. The van der Waals surface area contributed by atoms with Gasteiger partial charge in [0.2, 0.25) is 0 Å². The van der Waals surface area contributed by atoms with Gasteiger partial charge in [0.1, 0.15) is 5.82 Å². The van der Waals surface area contributed by atoms with E-state index in [9.17, 15) is 22.4 Å². The Balaban J connectivity index is 1.82. The number of halogens is 4. The molecule has 2 aromatic carbocycles. The fraction of sp³-hybridized carbons (Fsp3) is 0.318. The summed E-state index contributed by atoms with van der Waals surface area (Å²) in [4.78, 5) is 16.0. The van der Waals surface area contributed by atoms with Crippen LogP contribution in [0.5, 0.6) is 0 Å². The first kappa shape index (κ1) is 23.1. The molecule has 11 heteroatoms. The van der Waals surface area contributed by atoms with E-state index in [2.05, 4.69) is 5.32 Å². The summed E-state index contributed by atoms with van der Waals surface area (Å²) in [7, 11) is 1.68. The molecular formula is C22H18F4N4O2S. The van der Waals surface area contributed by atoms with Crippen LogP contribution >= 0.6 is 12.2 Å². The Kier molecular flexibility index (Phi) is 5.86. The summed E-state index contributed by atoms with van der Waals surface area (Å²) < 4.78 is 60.7. The highest BCUT2D eigenvalue weighted by molar-refractivity contribution is 7.81. The first-order valence-electron chi connectivity index (χ1n) is 9.95. The van der Waals surface area contributed by atoms with E-state index in [1.54, 1.807) is 19.2 Å². The van der Waals surface area contributed by atoms with E-state index in [-0.39, 0.29) is 30.4 Å². The third-order valence-corrected chi connectivity index (χ3v) is 6.13. The number of carbonyl (C=O) groups is 1. The lowest BCUT2D eigenvalue weighted by atomic mass is 9.95. The smallest absolute Gasteiger partial charge is 0.378 e. The van der Waals surface area contributed by atoms with Crippen LogP contribution in [0.2, 0.25) is 0 Å². The van der Waals surface area contributed by atoms with Gasteiger partial charge in [-0.15, -0.1) is 0 Å². The molecule has 0 bridgehead atoms. The number of hydrogen-bond acceptors (Lipinski definition) is 5. The van der Waals surface area contributed by atoms with Crippen molar-refractivity contribution in [3.8, 4) is 6.07 Å². The number of ether oxygens (including phenoxy) is 1. The van der Waals surface area contributed by atoms with Crippen molar-refractivity contribution in [3.05, 3.63) is 58.9 Å². The maximum atomic E-state index is 14.7. The Labute approximate surface area is 192 Å². The SMILES string of the molecule is CNCc1ccc(N2C(=S)N(c3ccc(C#N)c(C(F)(F)F)c3)C(=O)[C@]23CCOC3)cc1F. The minimum atomic E-state index is -4.80. The monoisotopic (exact) mass is 478 g/mol. The highest BCUT2D eigenvalue weighted by atomic mass is 32.1. The fourth-order valence-corrected chi connectivity index (χ4v) is 4.64. The molecule has 4 rings (SSSR count). The summed E-state index contributed by atoms with van der Waals surface area (Å²) >= 11 is 5.53. The zero-order chi connectivity index (χ0) is 24.0. The molecule has 2 saturated heterocycles. The van der Waals surface area contributed by atoms with Crippen LogP contribution in [0.15, 0.2) is 36.4 Å². The quantitative estimate of drug-likeness (QED) is 0.534. The highest BCUT2D eigenvalue weighted by Gasteiger charge is 2.58. The second kappa shape index (κ2) is 8.37. The van der Waals surface area contributed by atoms with E-state index >= 15 is 0 Å². The van der Waals surface area contributed by atoms with Crippen molar-refractivity contribution in [3.63, 3.8) is 0 Å². The Bertz CT molecular complexity index is 1170. The fourth-order valence-electron chi connectivity index (χ4n) is 4.17. The van der Waals surface area contributed by atoms with Crippen molar-refractivity contribution in [2.24, 2.45) is 0 Å². The number of alkyl halides is 3. The number of nitrogens with zero attached hydrogens (tertiary/aromatic N) is 3. The molecule has 2 fully saturated rings. The van der Waals surface area contributed by atoms with Crippen LogP contribution in [0.3, 0.4) is 0 Å². The van der Waals surface area contributed by atoms with Crippen LogP contribution < -0.4 is 15.1 Å². The second-order valence-electron chi connectivity index (χ2n) is 7.74. The van der Waals surface area contributed by atoms with Crippen LogP contribution in [0.25, 0.3) is 0 Å². The molecule has 0 aliphatic carbocycles. The Hall–Kier alpha value is -3.07. The van der Waals surface area contributed by atoms with Crippen LogP contribution in [0.4, 0.5) is 28.9 Å². The van der Waals surface area contributed by atoms with Gasteiger partial charge in [-0.2, -0.15) is 18.4 Å². The molecule has 1 N–H and O–H groups in total. The maximum absolute atomic E-state index is 14.7. The number of nitrogens with one attached hydrogen (secondary N) is 1. The molecule has 33 heavy (non-hydrogen) atoms. The first-order valence-corrected chi connectivity index (χ1v) is 10.4. The Morgan fingerprint density at radius 1 is 1.24 bits per heavy atom. The van der Waals surface area contributed by atoms with Gasteiger partial charge in [-0.05, 0) is 49.6 Å². The van der Waals surface area contributed by atoms with E-state index in [1.165, 1.54) is 23.1 Å². The van der Waals surface area contributed by atoms with E-state index in [0.29, 0.717) is 17.8 Å². The average molecular weight is 478 g/mol. The van der Waals surface area contributed by atoms with Crippen molar-refractivity contribution in [1.82, 2.24) is 5.32 Å². The van der Waals surface area contributed by atoms with Gasteiger partial charge in [-0.25, -0.2) is 4.39 Å². The number of nitriles is 1. The summed E-state index contributed by atoms with van der Waals surface area (Å²) in [5.41, 5.74) is -2.47. The normalized spacial score (nSPS) is 20.7. The lowest BCUT2D eigenvalue weighted by Crippen LogP contribution is -2.50. The van der Waals surface area contributed by atoms with E-state index in [4.69, 9.17) is 22.2 Å². The zero-order valence-electron chi connectivity index (χ0n) is 17.4. The minimum absolute atomic E-state index is 0.0508. The van der Waals surface area contributed by atoms with Gasteiger partial charge in [0.15, 0.2) is 10.7 Å². The molecule has 0 radical (unpaired) electrons. The first-order chi connectivity index (χ1) is 15.6. The summed E-state index contributed by atoms with van der Waals surface area (Å²) in [5, 5.41) is 11.8. The van der Waals surface area contributed by atoms with Crippen LogP contribution in [0.1, 0.15) is 23.1 Å². The molecular weight excluding hydrogens is 460 g/mol. The molecule has 2 aliphatic heterocycles. The molecule has 1 amide bonds. The highest BCUT2D eigenvalue weighted by Crippen LogP contribution is 2.43. The molecule has 0 aromatic heterocycles. The second-order valence-corrected chi connectivity index (χ2v) is 8.10. The standard InChI is InChI=1S/C22H18F4N4O2S/c1-28-11-14-3-5-16(9-18(14)23)30-20(33)29(19(31)21(30)6-7-32-12-21)15-4-2-13(10-27)17(8-15)22(24,25)26/h2-5,8-9,28H,6-7,11-12H2,1H3/t21-/m1/s1. The summed E-state index contributed by atoms with van der Waals surface area (Å²) in [6, 6.07) is 8.90. The van der Waals surface area contributed by atoms with Crippen molar-refractivity contribution >= 4 is 34.6 Å². The number of anilines is 2. The lowest BCUT2D eigenvalue weighted by Gasteiger charge is -2.31. The topological polar surface area (TPSA) is 68.6 Å². The predicted octanol–water partition coefficient (Wildman–Crippen LogP) is 3.73. The number of thiocarbonyl (C=S) groups is 1. The number of amides is 1. The molecule has 2 aliphatic rings.